The second-order valence-electron chi connectivity index (χ2n) is 6.41. The van der Waals surface area contributed by atoms with Gasteiger partial charge in [0.2, 0.25) is 0 Å². The predicted molar refractivity (Wildman–Crippen MR) is 87.7 cm³/mol. The molecule has 1 aliphatic carbocycles. The second-order valence-corrected chi connectivity index (χ2v) is 7.20. The van der Waals surface area contributed by atoms with Gasteiger partial charge in [-0.05, 0) is 47.5 Å². The molecule has 3 nitrogen and oxygen atoms in total. The number of aryl methyl sites for hydroxylation is 2. The van der Waals surface area contributed by atoms with Crippen LogP contribution in [0.3, 0.4) is 0 Å². The highest BCUT2D eigenvalue weighted by Crippen LogP contribution is 2.34. The van der Waals surface area contributed by atoms with Gasteiger partial charge in [0.25, 0.3) is 0 Å². The molecule has 0 radical (unpaired) electrons. The monoisotopic (exact) mass is 341 g/mol. The van der Waals surface area contributed by atoms with Crippen LogP contribution in [0.2, 0.25) is 0 Å². The fourth-order valence-electron chi connectivity index (χ4n) is 3.61. The molecule has 1 saturated carbocycles. The number of nitrogens with zero attached hydrogens (tertiary/aromatic N) is 2. The minimum Gasteiger partial charge on any atom is -0.327 e. The minimum atomic E-state index is 0.267. The van der Waals surface area contributed by atoms with E-state index in [1.165, 1.54) is 44.2 Å². The molecule has 1 fully saturated rings. The van der Waals surface area contributed by atoms with Crippen LogP contribution < -0.4 is 5.73 Å². The number of hydrogen-bond donors (Lipinski definition) is 1. The predicted octanol–water partition coefficient (Wildman–Crippen LogP) is 3.97. The molecule has 0 bridgehead atoms. The molecule has 0 spiro atoms. The van der Waals surface area contributed by atoms with Gasteiger partial charge in [0.1, 0.15) is 0 Å². The maximum atomic E-state index is 6.48. The highest BCUT2D eigenvalue weighted by atomic mass is 79.9. The van der Waals surface area contributed by atoms with Crippen LogP contribution >= 0.6 is 15.9 Å². The van der Waals surface area contributed by atoms with Gasteiger partial charge in [0, 0.05) is 19.5 Å². The summed E-state index contributed by atoms with van der Waals surface area (Å²) >= 11 is 3.64. The van der Waals surface area contributed by atoms with E-state index in [1.807, 2.05) is 18.7 Å². The molecule has 2 N–H and O–H groups in total. The standard InChI is InChI=1S/C16H28BrN3/c1-4-5-12-6-8-13(9-7-12)14(18)10-15-16(17)11(2)19-20(15)3/h12-14H,4-10,18H2,1-3H3. The third kappa shape index (κ3) is 3.64. The lowest BCUT2D eigenvalue weighted by atomic mass is 9.76. The summed E-state index contributed by atoms with van der Waals surface area (Å²) in [4.78, 5) is 0. The van der Waals surface area contributed by atoms with Crippen molar-refractivity contribution in [3.8, 4) is 0 Å². The molecular formula is C16H28BrN3. The Kier molecular flexibility index (Phi) is 5.67. The van der Waals surface area contributed by atoms with E-state index in [2.05, 4.69) is 28.0 Å². The number of halogens is 1. The Bertz CT molecular complexity index is 433. The summed E-state index contributed by atoms with van der Waals surface area (Å²) in [7, 11) is 2.01. The lowest BCUT2D eigenvalue weighted by Crippen LogP contribution is -2.35. The number of rotatable bonds is 5. The first kappa shape index (κ1) is 16.0. The summed E-state index contributed by atoms with van der Waals surface area (Å²) in [6.07, 6.45) is 9.01. The van der Waals surface area contributed by atoms with Crippen molar-refractivity contribution < 1.29 is 0 Å². The van der Waals surface area contributed by atoms with E-state index in [9.17, 15) is 0 Å². The van der Waals surface area contributed by atoms with Crippen molar-refractivity contribution in [3.63, 3.8) is 0 Å². The van der Waals surface area contributed by atoms with Crippen molar-refractivity contribution in [2.75, 3.05) is 0 Å². The van der Waals surface area contributed by atoms with Gasteiger partial charge in [0.05, 0.1) is 15.9 Å². The summed E-state index contributed by atoms with van der Waals surface area (Å²) in [5.41, 5.74) is 8.78. The molecule has 0 aromatic carbocycles. The van der Waals surface area contributed by atoms with Crippen LogP contribution in [0.4, 0.5) is 0 Å². The molecule has 1 heterocycles. The van der Waals surface area contributed by atoms with Gasteiger partial charge >= 0.3 is 0 Å². The maximum absolute atomic E-state index is 6.48. The van der Waals surface area contributed by atoms with Gasteiger partial charge in [-0.25, -0.2) is 0 Å². The second kappa shape index (κ2) is 7.08. The molecule has 20 heavy (non-hydrogen) atoms. The van der Waals surface area contributed by atoms with Crippen molar-refractivity contribution in [2.45, 2.75) is 64.8 Å². The smallest absolute Gasteiger partial charge is 0.0738 e. The third-order valence-electron chi connectivity index (χ3n) is 4.88. The highest BCUT2D eigenvalue weighted by molar-refractivity contribution is 9.10. The summed E-state index contributed by atoms with van der Waals surface area (Å²) < 4.78 is 3.11. The first-order valence-corrected chi connectivity index (χ1v) is 8.75. The minimum absolute atomic E-state index is 0.267. The molecule has 1 aliphatic rings. The molecule has 1 aromatic rings. The molecule has 1 aromatic heterocycles. The molecule has 1 atom stereocenters. The molecule has 1 unspecified atom stereocenters. The average molecular weight is 342 g/mol. The van der Waals surface area contributed by atoms with Crippen molar-refractivity contribution >= 4 is 15.9 Å². The lowest BCUT2D eigenvalue weighted by molar-refractivity contribution is 0.231. The average Bonchev–Trinajstić information content (AvgIpc) is 2.66. The molecular weight excluding hydrogens is 314 g/mol. The van der Waals surface area contributed by atoms with E-state index in [1.54, 1.807) is 0 Å². The number of aromatic nitrogens is 2. The Morgan fingerprint density at radius 2 is 2.00 bits per heavy atom. The largest absolute Gasteiger partial charge is 0.327 e. The number of nitrogens with two attached hydrogens (primary N) is 1. The van der Waals surface area contributed by atoms with E-state index in [4.69, 9.17) is 5.73 Å². The normalized spacial score (nSPS) is 24.9. The Morgan fingerprint density at radius 1 is 1.35 bits per heavy atom. The first-order valence-electron chi connectivity index (χ1n) is 7.96. The summed E-state index contributed by atoms with van der Waals surface area (Å²) in [5.74, 6) is 1.64. The highest BCUT2D eigenvalue weighted by Gasteiger charge is 2.26. The van der Waals surface area contributed by atoms with Crippen molar-refractivity contribution in [3.05, 3.63) is 15.9 Å². The Morgan fingerprint density at radius 3 is 2.50 bits per heavy atom. The molecule has 0 aliphatic heterocycles. The van der Waals surface area contributed by atoms with E-state index in [0.717, 1.165) is 22.5 Å². The summed E-state index contributed by atoms with van der Waals surface area (Å²) in [5, 5.41) is 4.46. The van der Waals surface area contributed by atoms with Crippen molar-refractivity contribution in [1.82, 2.24) is 9.78 Å². The zero-order valence-electron chi connectivity index (χ0n) is 13.0. The Hall–Kier alpha value is -0.350. The Labute approximate surface area is 131 Å². The zero-order valence-corrected chi connectivity index (χ0v) is 14.6. The first-order chi connectivity index (χ1) is 9.52. The molecule has 0 amide bonds. The third-order valence-corrected chi connectivity index (χ3v) is 5.92. The van der Waals surface area contributed by atoms with Gasteiger partial charge in [-0.15, -0.1) is 0 Å². The van der Waals surface area contributed by atoms with Crippen LogP contribution in [0.25, 0.3) is 0 Å². The van der Waals surface area contributed by atoms with Crippen molar-refractivity contribution in [1.29, 1.82) is 0 Å². The van der Waals surface area contributed by atoms with Crippen LogP contribution in [0, 0.1) is 18.8 Å². The molecule has 2 rings (SSSR count). The van der Waals surface area contributed by atoms with Crippen LogP contribution in [0.15, 0.2) is 4.47 Å². The van der Waals surface area contributed by atoms with Crippen molar-refractivity contribution in [2.24, 2.45) is 24.6 Å². The lowest BCUT2D eigenvalue weighted by Gasteiger charge is -2.32. The molecule has 0 saturated heterocycles. The SMILES string of the molecule is CCCC1CCC(C(N)Cc2c(Br)c(C)nn2C)CC1. The van der Waals surface area contributed by atoms with Crippen LogP contribution in [0.5, 0.6) is 0 Å². The topological polar surface area (TPSA) is 43.8 Å². The van der Waals surface area contributed by atoms with Gasteiger partial charge in [0.15, 0.2) is 0 Å². The number of hydrogen-bond acceptors (Lipinski definition) is 2. The van der Waals surface area contributed by atoms with Gasteiger partial charge in [-0.2, -0.15) is 5.10 Å². The summed E-state index contributed by atoms with van der Waals surface area (Å²) in [6.45, 7) is 4.33. The van der Waals surface area contributed by atoms with Crippen LogP contribution in [-0.2, 0) is 13.5 Å². The summed E-state index contributed by atoms with van der Waals surface area (Å²) in [6, 6.07) is 0.267. The maximum Gasteiger partial charge on any atom is 0.0738 e. The van der Waals surface area contributed by atoms with Crippen LogP contribution in [0.1, 0.15) is 56.8 Å². The molecule has 114 valence electrons. The quantitative estimate of drug-likeness (QED) is 0.880. The van der Waals surface area contributed by atoms with Crippen LogP contribution in [-0.4, -0.2) is 15.8 Å². The van der Waals surface area contributed by atoms with E-state index >= 15 is 0 Å². The Balaban J connectivity index is 1.91. The fourth-order valence-corrected chi connectivity index (χ4v) is 4.10. The van der Waals surface area contributed by atoms with E-state index < -0.39 is 0 Å². The molecule has 4 heteroatoms. The fraction of sp³-hybridized carbons (Fsp3) is 0.812. The van der Waals surface area contributed by atoms with E-state index in [-0.39, 0.29) is 6.04 Å². The van der Waals surface area contributed by atoms with Gasteiger partial charge < -0.3 is 5.73 Å². The van der Waals surface area contributed by atoms with E-state index in [0.29, 0.717) is 5.92 Å². The zero-order chi connectivity index (χ0) is 14.7. The van der Waals surface area contributed by atoms with Gasteiger partial charge in [-0.3, -0.25) is 4.68 Å². The van der Waals surface area contributed by atoms with Gasteiger partial charge in [-0.1, -0.05) is 32.6 Å².